The minimum Gasteiger partial charge on any atom is -0.486 e. The molecule has 0 radical (unpaired) electrons. The van der Waals surface area contributed by atoms with E-state index >= 15 is 0 Å². The molecule has 40 heavy (non-hydrogen) atoms. The van der Waals surface area contributed by atoms with Crippen molar-refractivity contribution in [2.75, 3.05) is 38.9 Å². The third-order valence-corrected chi connectivity index (χ3v) is 8.31. The van der Waals surface area contributed by atoms with E-state index in [9.17, 15) is 14.7 Å². The van der Waals surface area contributed by atoms with Crippen molar-refractivity contribution in [3.8, 4) is 17.2 Å². The minimum absolute atomic E-state index is 0.0173. The van der Waals surface area contributed by atoms with Crippen LogP contribution in [-0.2, 0) is 11.3 Å². The van der Waals surface area contributed by atoms with E-state index < -0.39 is 0 Å². The molecule has 2 heterocycles. The summed E-state index contributed by atoms with van der Waals surface area (Å²) in [6, 6.07) is 10.9. The molecule has 2 N–H and O–H groups in total. The maximum atomic E-state index is 13.7. The lowest BCUT2D eigenvalue weighted by Crippen LogP contribution is -2.49. The molecule has 0 unspecified atom stereocenters. The second-order valence-corrected chi connectivity index (χ2v) is 11.5. The van der Waals surface area contributed by atoms with E-state index in [1.807, 2.05) is 38.2 Å². The van der Waals surface area contributed by atoms with E-state index in [1.54, 1.807) is 17.0 Å². The largest absolute Gasteiger partial charge is 0.486 e. The number of ether oxygens (including phenoxy) is 3. The van der Waals surface area contributed by atoms with E-state index in [1.165, 1.54) is 6.42 Å². The van der Waals surface area contributed by atoms with Gasteiger partial charge in [-0.3, -0.25) is 14.5 Å². The quantitative estimate of drug-likeness (QED) is 0.505. The van der Waals surface area contributed by atoms with Crippen LogP contribution < -0.4 is 19.5 Å². The second-order valence-electron chi connectivity index (χ2n) is 11.5. The monoisotopic (exact) mass is 551 g/mol. The average molecular weight is 552 g/mol. The predicted molar refractivity (Wildman–Crippen MR) is 152 cm³/mol. The van der Waals surface area contributed by atoms with E-state index in [2.05, 4.69) is 17.1 Å². The Balaban J connectivity index is 1.40. The number of carbonyl (C=O) groups excluding carboxylic acids is 2. The van der Waals surface area contributed by atoms with Crippen LogP contribution >= 0.6 is 0 Å². The SMILES string of the molecule is C[C@H](CO)N1C[C@H](C)[C@@H](CN(C)Cc2ccc3c(c2)OCO3)Oc2c(NC(=O)C3CCCCC3)cccc2C1=O. The standard InChI is InChI=1S/C31H41N3O6/c1-20-15-34(21(2)18-35)31(37)24-10-7-11-25(32-30(36)23-8-5-4-6-9-23)29(24)40-28(20)17-33(3)16-22-12-13-26-27(14-22)39-19-38-26/h7,10-14,20-21,23,28,35H,4-6,8-9,15-19H2,1-3H3,(H,32,36)/t20-,21+,28+/m0/s1. The van der Waals surface area contributed by atoms with Gasteiger partial charge in [0.15, 0.2) is 17.2 Å². The molecule has 3 aliphatic rings. The lowest BCUT2D eigenvalue weighted by molar-refractivity contribution is -0.120. The molecule has 2 aromatic rings. The number of nitrogens with zero attached hydrogens (tertiary/aromatic N) is 2. The molecule has 5 rings (SSSR count). The summed E-state index contributed by atoms with van der Waals surface area (Å²) < 4.78 is 17.7. The number of likely N-dealkylation sites (N-methyl/N-ethyl adjacent to an activating group) is 1. The molecule has 9 heteroatoms. The molecule has 9 nitrogen and oxygen atoms in total. The summed E-state index contributed by atoms with van der Waals surface area (Å²) in [5.41, 5.74) is 2.02. The number of fused-ring (bicyclic) bond motifs is 2. The smallest absolute Gasteiger partial charge is 0.258 e. The highest BCUT2D eigenvalue weighted by Crippen LogP contribution is 2.36. The Labute approximate surface area is 236 Å². The molecule has 0 spiro atoms. The summed E-state index contributed by atoms with van der Waals surface area (Å²) in [6.45, 7) is 5.73. The van der Waals surface area contributed by atoms with Gasteiger partial charge in [0.05, 0.1) is 23.9 Å². The Morgan fingerprint density at radius 2 is 1.93 bits per heavy atom. The molecule has 2 aliphatic heterocycles. The lowest BCUT2D eigenvalue weighted by atomic mass is 9.88. The van der Waals surface area contributed by atoms with Gasteiger partial charge in [0.2, 0.25) is 12.7 Å². The van der Waals surface area contributed by atoms with Crippen molar-refractivity contribution in [2.45, 2.75) is 64.6 Å². The molecule has 2 aromatic carbocycles. The van der Waals surface area contributed by atoms with Crippen LogP contribution in [0.25, 0.3) is 0 Å². The van der Waals surface area contributed by atoms with Gasteiger partial charge in [-0.1, -0.05) is 38.3 Å². The third-order valence-electron chi connectivity index (χ3n) is 8.31. The van der Waals surface area contributed by atoms with Gasteiger partial charge in [-0.15, -0.1) is 0 Å². The first-order valence-electron chi connectivity index (χ1n) is 14.4. The zero-order valence-corrected chi connectivity index (χ0v) is 23.7. The molecular weight excluding hydrogens is 510 g/mol. The summed E-state index contributed by atoms with van der Waals surface area (Å²) in [7, 11) is 2.04. The van der Waals surface area contributed by atoms with Crippen LogP contribution in [0.15, 0.2) is 36.4 Å². The molecule has 2 amide bonds. The number of carbonyl (C=O) groups is 2. The molecule has 216 valence electrons. The molecule has 0 bridgehead atoms. The number of para-hydroxylation sites is 1. The van der Waals surface area contributed by atoms with Gasteiger partial charge < -0.3 is 29.5 Å². The second kappa shape index (κ2) is 12.5. The summed E-state index contributed by atoms with van der Waals surface area (Å²) in [5, 5.41) is 13.0. The van der Waals surface area contributed by atoms with Gasteiger partial charge >= 0.3 is 0 Å². The first-order valence-corrected chi connectivity index (χ1v) is 14.4. The lowest BCUT2D eigenvalue weighted by Gasteiger charge is -2.38. The fraction of sp³-hybridized carbons (Fsp3) is 0.548. The average Bonchev–Trinajstić information content (AvgIpc) is 3.43. The van der Waals surface area contributed by atoms with Crippen LogP contribution in [0.1, 0.15) is 61.9 Å². The summed E-state index contributed by atoms with van der Waals surface area (Å²) in [4.78, 5) is 30.8. The van der Waals surface area contributed by atoms with Crippen molar-refractivity contribution in [3.63, 3.8) is 0 Å². The Bertz CT molecular complexity index is 1210. The summed E-state index contributed by atoms with van der Waals surface area (Å²) >= 11 is 0. The number of aliphatic hydroxyl groups is 1. The third kappa shape index (κ3) is 6.20. The van der Waals surface area contributed by atoms with Gasteiger partial charge in [0.25, 0.3) is 5.91 Å². The topological polar surface area (TPSA) is 101 Å². The molecule has 0 saturated heterocycles. The maximum Gasteiger partial charge on any atom is 0.258 e. The fourth-order valence-corrected chi connectivity index (χ4v) is 5.88. The van der Waals surface area contributed by atoms with Gasteiger partial charge in [0.1, 0.15) is 6.10 Å². The first kappa shape index (κ1) is 28.2. The van der Waals surface area contributed by atoms with Gasteiger partial charge in [-0.25, -0.2) is 0 Å². The summed E-state index contributed by atoms with van der Waals surface area (Å²) in [6.07, 6.45) is 4.78. The van der Waals surface area contributed by atoms with Crippen LogP contribution in [-0.4, -0.2) is 72.4 Å². The zero-order chi connectivity index (χ0) is 28.2. The van der Waals surface area contributed by atoms with Gasteiger partial charge in [-0.05, 0) is 56.6 Å². The molecule has 1 fully saturated rings. The van der Waals surface area contributed by atoms with Crippen LogP contribution in [0.5, 0.6) is 17.2 Å². The van der Waals surface area contributed by atoms with Crippen LogP contribution in [0.4, 0.5) is 5.69 Å². The zero-order valence-electron chi connectivity index (χ0n) is 23.7. The van der Waals surface area contributed by atoms with Crippen LogP contribution in [0, 0.1) is 11.8 Å². The van der Waals surface area contributed by atoms with Crippen molar-refractivity contribution >= 4 is 17.5 Å². The first-order chi connectivity index (χ1) is 19.3. The van der Waals surface area contributed by atoms with Crippen molar-refractivity contribution in [2.24, 2.45) is 11.8 Å². The highest BCUT2D eigenvalue weighted by molar-refractivity contribution is 6.02. The highest BCUT2D eigenvalue weighted by Gasteiger charge is 2.35. The minimum atomic E-state index is -0.353. The number of rotatable bonds is 8. The van der Waals surface area contributed by atoms with E-state index in [4.69, 9.17) is 14.2 Å². The van der Waals surface area contributed by atoms with Crippen LogP contribution in [0.3, 0.4) is 0 Å². The van der Waals surface area contributed by atoms with E-state index in [0.717, 1.165) is 42.7 Å². The molecule has 1 saturated carbocycles. The number of hydrogen-bond acceptors (Lipinski definition) is 7. The molecule has 1 aliphatic carbocycles. The fourth-order valence-electron chi connectivity index (χ4n) is 5.88. The highest BCUT2D eigenvalue weighted by atomic mass is 16.7. The van der Waals surface area contributed by atoms with Gasteiger partial charge in [-0.2, -0.15) is 0 Å². The van der Waals surface area contributed by atoms with Crippen molar-refractivity contribution < 1.29 is 28.9 Å². The Hall–Kier alpha value is -3.30. The van der Waals surface area contributed by atoms with E-state index in [0.29, 0.717) is 36.6 Å². The van der Waals surface area contributed by atoms with Crippen molar-refractivity contribution in [3.05, 3.63) is 47.5 Å². The van der Waals surface area contributed by atoms with E-state index in [-0.39, 0.29) is 49.2 Å². The number of aliphatic hydroxyl groups excluding tert-OH is 1. The Morgan fingerprint density at radius 1 is 1.15 bits per heavy atom. The number of nitrogens with one attached hydrogen (secondary N) is 1. The number of anilines is 1. The number of amides is 2. The summed E-state index contributed by atoms with van der Waals surface area (Å²) in [5.74, 6) is 1.63. The Kier molecular flexibility index (Phi) is 8.81. The van der Waals surface area contributed by atoms with Crippen LogP contribution in [0.2, 0.25) is 0 Å². The number of benzene rings is 2. The number of hydrogen-bond donors (Lipinski definition) is 2. The van der Waals surface area contributed by atoms with Gasteiger partial charge in [0, 0.05) is 31.5 Å². The molecule has 0 aromatic heterocycles. The van der Waals surface area contributed by atoms with Crippen molar-refractivity contribution in [1.29, 1.82) is 0 Å². The molecule has 3 atom stereocenters. The predicted octanol–water partition coefficient (Wildman–Crippen LogP) is 4.29. The molecular formula is C31H41N3O6. The maximum absolute atomic E-state index is 13.7. The van der Waals surface area contributed by atoms with Crippen molar-refractivity contribution in [1.82, 2.24) is 9.80 Å². The normalized spacial score (nSPS) is 21.8. The Morgan fingerprint density at radius 3 is 2.70 bits per heavy atom.